The number of nitrogen functional groups attached to an aromatic ring is 1. The predicted molar refractivity (Wildman–Crippen MR) is 80.3 cm³/mol. The van der Waals surface area contributed by atoms with Gasteiger partial charge in [0, 0.05) is 11.8 Å². The molecule has 0 unspecified atom stereocenters. The highest BCUT2D eigenvalue weighted by atomic mass is 16.5. The zero-order chi connectivity index (χ0) is 13.8. The summed E-state index contributed by atoms with van der Waals surface area (Å²) in [6.07, 6.45) is 1.75. The fourth-order valence-corrected chi connectivity index (χ4v) is 2.02. The molecule has 1 aromatic heterocycles. The zero-order valence-corrected chi connectivity index (χ0v) is 10.9. The van der Waals surface area contributed by atoms with E-state index in [2.05, 4.69) is 28.6 Å². The van der Waals surface area contributed by atoms with E-state index in [4.69, 9.17) is 10.6 Å². The number of anilines is 1. The SMILES string of the molecule is NNc1ccc(COc2ccc3ccccc3c2)cn1. The van der Waals surface area contributed by atoms with E-state index in [1.54, 1.807) is 6.20 Å². The molecular weight excluding hydrogens is 250 g/mol. The van der Waals surface area contributed by atoms with Crippen LogP contribution in [-0.4, -0.2) is 4.98 Å². The minimum atomic E-state index is 0.482. The quantitative estimate of drug-likeness (QED) is 0.562. The summed E-state index contributed by atoms with van der Waals surface area (Å²) in [5, 5.41) is 2.38. The van der Waals surface area contributed by atoms with Crippen LogP contribution in [0.5, 0.6) is 5.75 Å². The van der Waals surface area contributed by atoms with Gasteiger partial charge in [-0.15, -0.1) is 0 Å². The largest absolute Gasteiger partial charge is 0.489 e. The van der Waals surface area contributed by atoms with Gasteiger partial charge in [0.15, 0.2) is 0 Å². The Balaban J connectivity index is 1.72. The van der Waals surface area contributed by atoms with Gasteiger partial charge in [0.25, 0.3) is 0 Å². The van der Waals surface area contributed by atoms with E-state index in [1.165, 1.54) is 10.8 Å². The number of benzene rings is 2. The molecular formula is C16H15N3O. The summed E-state index contributed by atoms with van der Waals surface area (Å²) in [7, 11) is 0. The predicted octanol–water partition coefficient (Wildman–Crippen LogP) is 3.10. The van der Waals surface area contributed by atoms with Crippen molar-refractivity contribution < 1.29 is 4.74 Å². The Labute approximate surface area is 117 Å². The Hall–Kier alpha value is -2.59. The second-order valence-corrected chi connectivity index (χ2v) is 4.49. The number of pyridine rings is 1. The lowest BCUT2D eigenvalue weighted by atomic mass is 10.1. The van der Waals surface area contributed by atoms with Crippen LogP contribution in [0.1, 0.15) is 5.56 Å². The van der Waals surface area contributed by atoms with Crippen molar-refractivity contribution in [2.75, 3.05) is 5.43 Å². The van der Waals surface area contributed by atoms with Gasteiger partial charge >= 0.3 is 0 Å². The molecule has 0 radical (unpaired) electrons. The molecule has 0 amide bonds. The summed E-state index contributed by atoms with van der Waals surface area (Å²) in [6, 6.07) is 18.0. The van der Waals surface area contributed by atoms with Crippen molar-refractivity contribution in [3.8, 4) is 5.75 Å². The van der Waals surface area contributed by atoms with Crippen LogP contribution >= 0.6 is 0 Å². The first-order valence-corrected chi connectivity index (χ1v) is 6.38. The number of fused-ring (bicyclic) bond motifs is 1. The van der Waals surface area contributed by atoms with E-state index in [0.717, 1.165) is 11.3 Å². The maximum absolute atomic E-state index is 5.78. The maximum Gasteiger partial charge on any atom is 0.139 e. The third-order valence-electron chi connectivity index (χ3n) is 3.10. The van der Waals surface area contributed by atoms with Crippen LogP contribution in [0.25, 0.3) is 10.8 Å². The zero-order valence-electron chi connectivity index (χ0n) is 10.9. The van der Waals surface area contributed by atoms with E-state index in [9.17, 15) is 0 Å². The summed E-state index contributed by atoms with van der Waals surface area (Å²) in [5.74, 6) is 6.76. The Morgan fingerprint density at radius 2 is 1.85 bits per heavy atom. The molecule has 4 nitrogen and oxygen atoms in total. The second-order valence-electron chi connectivity index (χ2n) is 4.49. The molecule has 20 heavy (non-hydrogen) atoms. The first-order valence-electron chi connectivity index (χ1n) is 6.38. The standard InChI is InChI=1S/C16H15N3O/c17-19-16-8-5-12(10-18-16)11-20-15-7-6-13-3-1-2-4-14(13)9-15/h1-10H,11,17H2,(H,18,19). The van der Waals surface area contributed by atoms with Crippen molar-refractivity contribution in [3.63, 3.8) is 0 Å². The van der Waals surface area contributed by atoms with Crippen LogP contribution in [0.15, 0.2) is 60.8 Å². The van der Waals surface area contributed by atoms with Gasteiger partial charge < -0.3 is 10.2 Å². The van der Waals surface area contributed by atoms with E-state index < -0.39 is 0 Å². The number of hydrogen-bond acceptors (Lipinski definition) is 4. The molecule has 3 aromatic rings. The number of nitrogens with zero attached hydrogens (tertiary/aromatic N) is 1. The number of aromatic nitrogens is 1. The van der Waals surface area contributed by atoms with Gasteiger partial charge in [-0.3, -0.25) is 0 Å². The summed E-state index contributed by atoms with van der Waals surface area (Å²) in [5.41, 5.74) is 3.49. The minimum absolute atomic E-state index is 0.482. The number of rotatable bonds is 4. The van der Waals surface area contributed by atoms with Crippen LogP contribution < -0.4 is 16.0 Å². The number of nitrogens with one attached hydrogen (secondary N) is 1. The van der Waals surface area contributed by atoms with Crippen molar-refractivity contribution in [2.24, 2.45) is 5.84 Å². The molecule has 4 heteroatoms. The minimum Gasteiger partial charge on any atom is -0.489 e. The normalized spacial score (nSPS) is 10.4. The van der Waals surface area contributed by atoms with Crippen molar-refractivity contribution in [2.45, 2.75) is 6.61 Å². The number of hydrogen-bond donors (Lipinski definition) is 2. The average molecular weight is 265 g/mol. The molecule has 0 aliphatic rings. The molecule has 0 spiro atoms. The Bertz CT molecular complexity index is 710. The fourth-order valence-electron chi connectivity index (χ4n) is 2.02. The molecule has 3 rings (SSSR count). The van der Waals surface area contributed by atoms with Gasteiger partial charge in [-0.1, -0.05) is 36.4 Å². The molecule has 0 aliphatic heterocycles. The van der Waals surface area contributed by atoms with Gasteiger partial charge in [0.05, 0.1) is 0 Å². The molecule has 1 heterocycles. The molecule has 0 aliphatic carbocycles. The lowest BCUT2D eigenvalue weighted by Crippen LogP contribution is -2.08. The Morgan fingerprint density at radius 3 is 2.60 bits per heavy atom. The Morgan fingerprint density at radius 1 is 1.00 bits per heavy atom. The Kier molecular flexibility index (Phi) is 3.48. The number of ether oxygens (including phenoxy) is 1. The molecule has 0 saturated heterocycles. The summed E-state index contributed by atoms with van der Waals surface area (Å²) in [6.45, 7) is 0.482. The van der Waals surface area contributed by atoms with Crippen molar-refractivity contribution in [1.82, 2.24) is 4.98 Å². The van der Waals surface area contributed by atoms with E-state index in [1.807, 2.05) is 36.4 Å². The number of hydrazine groups is 1. The third kappa shape index (κ3) is 2.70. The molecule has 0 bridgehead atoms. The number of nitrogens with two attached hydrogens (primary N) is 1. The van der Waals surface area contributed by atoms with Gasteiger partial charge in [0.2, 0.25) is 0 Å². The molecule has 0 atom stereocenters. The molecule has 0 saturated carbocycles. The van der Waals surface area contributed by atoms with Crippen molar-refractivity contribution in [1.29, 1.82) is 0 Å². The molecule has 2 aromatic carbocycles. The molecule has 3 N–H and O–H groups in total. The van der Waals surface area contributed by atoms with E-state index in [-0.39, 0.29) is 0 Å². The van der Waals surface area contributed by atoms with Crippen LogP contribution in [0.3, 0.4) is 0 Å². The second kappa shape index (κ2) is 5.59. The van der Waals surface area contributed by atoms with E-state index in [0.29, 0.717) is 12.4 Å². The first kappa shape index (κ1) is 12.4. The third-order valence-corrected chi connectivity index (χ3v) is 3.10. The van der Waals surface area contributed by atoms with Gasteiger partial charge in [-0.05, 0) is 29.0 Å². The highest BCUT2D eigenvalue weighted by Gasteiger charge is 1.99. The lowest BCUT2D eigenvalue weighted by Gasteiger charge is -2.08. The fraction of sp³-hybridized carbons (Fsp3) is 0.0625. The smallest absolute Gasteiger partial charge is 0.139 e. The topological polar surface area (TPSA) is 60.2 Å². The average Bonchev–Trinajstić information content (AvgIpc) is 2.53. The van der Waals surface area contributed by atoms with Gasteiger partial charge in [-0.2, -0.15) is 0 Å². The van der Waals surface area contributed by atoms with Gasteiger partial charge in [-0.25, -0.2) is 10.8 Å². The summed E-state index contributed by atoms with van der Waals surface area (Å²) < 4.78 is 5.78. The van der Waals surface area contributed by atoms with Crippen LogP contribution in [-0.2, 0) is 6.61 Å². The highest BCUT2D eigenvalue weighted by Crippen LogP contribution is 2.21. The van der Waals surface area contributed by atoms with Crippen LogP contribution in [0.2, 0.25) is 0 Å². The molecule has 0 fully saturated rings. The van der Waals surface area contributed by atoms with Crippen LogP contribution in [0.4, 0.5) is 5.82 Å². The van der Waals surface area contributed by atoms with Crippen molar-refractivity contribution in [3.05, 3.63) is 66.4 Å². The lowest BCUT2D eigenvalue weighted by molar-refractivity contribution is 0.306. The van der Waals surface area contributed by atoms with E-state index >= 15 is 0 Å². The highest BCUT2D eigenvalue weighted by molar-refractivity contribution is 5.83. The maximum atomic E-state index is 5.78. The van der Waals surface area contributed by atoms with Crippen molar-refractivity contribution >= 4 is 16.6 Å². The van der Waals surface area contributed by atoms with Gasteiger partial charge in [0.1, 0.15) is 18.2 Å². The first-order chi connectivity index (χ1) is 9.85. The monoisotopic (exact) mass is 265 g/mol. The summed E-state index contributed by atoms with van der Waals surface area (Å²) in [4.78, 5) is 4.14. The summed E-state index contributed by atoms with van der Waals surface area (Å²) >= 11 is 0. The van der Waals surface area contributed by atoms with Crippen LogP contribution in [0, 0.1) is 0 Å². The molecule has 100 valence electrons.